The Morgan fingerprint density at radius 3 is 0.803 bits per heavy atom. The maximum Gasteiger partial charge on any atom is 0.306 e. The fraction of sp³-hybridized carbons (Fsp3) is 0.892. The summed E-state index contributed by atoms with van der Waals surface area (Å²) >= 11 is 0. The first kappa shape index (κ1) is 68.9. The van der Waals surface area contributed by atoms with Crippen LogP contribution in [0.5, 0.6) is 0 Å². The Bertz CT molecular complexity index is 1150. The van der Waals surface area contributed by atoms with E-state index in [0.29, 0.717) is 19.3 Å². The van der Waals surface area contributed by atoms with Gasteiger partial charge in [-0.15, -0.1) is 0 Å². The molecule has 1 unspecified atom stereocenters. The fourth-order valence-electron chi connectivity index (χ4n) is 9.65. The first-order valence-electron chi connectivity index (χ1n) is 31.8. The molecule has 0 aliphatic rings. The Morgan fingerprint density at radius 2 is 0.507 bits per heavy atom. The third-order valence-electron chi connectivity index (χ3n) is 14.5. The minimum atomic E-state index is -0.773. The molecule has 6 nitrogen and oxygen atoms in total. The molecule has 0 rings (SSSR count). The smallest absolute Gasteiger partial charge is 0.306 e. The Hall–Kier alpha value is -2.11. The Balaban J connectivity index is 4.06. The monoisotopic (exact) mass is 999 g/mol. The molecule has 0 aliphatic carbocycles. The lowest BCUT2D eigenvalue weighted by Crippen LogP contribution is -2.30. The van der Waals surface area contributed by atoms with Gasteiger partial charge < -0.3 is 14.2 Å². The van der Waals surface area contributed by atoms with E-state index in [4.69, 9.17) is 14.2 Å². The lowest BCUT2D eigenvalue weighted by Gasteiger charge is -2.18. The van der Waals surface area contributed by atoms with Crippen LogP contribution >= 0.6 is 0 Å². The number of hydrogen-bond acceptors (Lipinski definition) is 6. The number of carbonyl (C=O) groups excluding carboxylic acids is 3. The number of esters is 3. The predicted molar refractivity (Wildman–Crippen MR) is 307 cm³/mol. The van der Waals surface area contributed by atoms with E-state index < -0.39 is 6.10 Å². The van der Waals surface area contributed by atoms with Crippen LogP contribution < -0.4 is 0 Å². The van der Waals surface area contributed by atoms with E-state index in [9.17, 15) is 14.4 Å². The number of allylic oxidation sites excluding steroid dienone is 4. The molecule has 0 bridgehead atoms. The van der Waals surface area contributed by atoms with Gasteiger partial charge in [-0.25, -0.2) is 0 Å². The molecule has 6 heteroatoms. The summed E-state index contributed by atoms with van der Waals surface area (Å²) in [4.78, 5) is 38.1. The van der Waals surface area contributed by atoms with Crippen LogP contribution in [0.25, 0.3) is 0 Å². The van der Waals surface area contributed by atoms with Gasteiger partial charge in [0.05, 0.1) is 0 Å². The summed E-state index contributed by atoms with van der Waals surface area (Å²) in [6.45, 7) is 6.64. The molecule has 0 N–H and O–H groups in total. The summed E-state index contributed by atoms with van der Waals surface area (Å²) in [5, 5.41) is 0. The Morgan fingerprint density at radius 1 is 0.282 bits per heavy atom. The molecule has 0 aromatic rings. The van der Waals surface area contributed by atoms with Gasteiger partial charge in [-0.1, -0.05) is 308 Å². The van der Waals surface area contributed by atoms with Gasteiger partial charge in [-0.2, -0.15) is 0 Å². The van der Waals surface area contributed by atoms with Gasteiger partial charge in [0.1, 0.15) is 13.2 Å². The maximum absolute atomic E-state index is 12.8. The minimum Gasteiger partial charge on any atom is -0.462 e. The van der Waals surface area contributed by atoms with Crippen LogP contribution in [0.2, 0.25) is 0 Å². The van der Waals surface area contributed by atoms with Crippen molar-refractivity contribution in [3.05, 3.63) is 24.3 Å². The van der Waals surface area contributed by atoms with Crippen molar-refractivity contribution in [3.8, 4) is 0 Å². The molecule has 0 spiro atoms. The third kappa shape index (κ3) is 58.7. The Labute approximate surface area is 443 Å². The van der Waals surface area contributed by atoms with Crippen LogP contribution in [0.3, 0.4) is 0 Å². The van der Waals surface area contributed by atoms with E-state index in [0.717, 1.165) is 77.0 Å². The van der Waals surface area contributed by atoms with Crippen LogP contribution in [-0.2, 0) is 28.6 Å². The second-order valence-electron chi connectivity index (χ2n) is 21.7. The van der Waals surface area contributed by atoms with Gasteiger partial charge in [0, 0.05) is 19.3 Å². The summed E-state index contributed by atoms with van der Waals surface area (Å²) in [7, 11) is 0. The van der Waals surface area contributed by atoms with Gasteiger partial charge in [-0.3, -0.25) is 14.4 Å². The van der Waals surface area contributed by atoms with Gasteiger partial charge >= 0.3 is 17.9 Å². The van der Waals surface area contributed by atoms with Gasteiger partial charge in [-0.05, 0) is 51.4 Å². The molecular weight excluding hydrogens is 877 g/mol. The molecule has 71 heavy (non-hydrogen) atoms. The van der Waals surface area contributed by atoms with Crippen molar-refractivity contribution in [2.24, 2.45) is 0 Å². The minimum absolute atomic E-state index is 0.0718. The average molecular weight is 1000 g/mol. The van der Waals surface area contributed by atoms with Crippen molar-refractivity contribution in [2.45, 2.75) is 361 Å². The largest absolute Gasteiger partial charge is 0.462 e. The zero-order valence-electron chi connectivity index (χ0n) is 48.0. The van der Waals surface area contributed by atoms with Crippen molar-refractivity contribution in [3.63, 3.8) is 0 Å². The Kier molecular flexibility index (Phi) is 58.6. The quantitative estimate of drug-likeness (QED) is 0.0261. The molecule has 0 radical (unpaired) electrons. The van der Waals surface area contributed by atoms with E-state index >= 15 is 0 Å². The summed E-state index contributed by atoms with van der Waals surface area (Å²) < 4.78 is 16.8. The zero-order chi connectivity index (χ0) is 51.4. The molecule has 0 aromatic heterocycles. The molecule has 0 heterocycles. The SMILES string of the molecule is CCCCC/C=C\C/C=C\CCCCCCCC(=O)OC(COC(=O)CCCCCCCCCCC)COC(=O)CCCCCCCCCCCCCCCCCCCCCCCCCCCCCCC. The highest BCUT2D eigenvalue weighted by Gasteiger charge is 2.19. The van der Waals surface area contributed by atoms with Crippen molar-refractivity contribution in [2.75, 3.05) is 13.2 Å². The highest BCUT2D eigenvalue weighted by Crippen LogP contribution is 2.18. The topological polar surface area (TPSA) is 78.9 Å². The molecule has 418 valence electrons. The lowest BCUT2D eigenvalue weighted by molar-refractivity contribution is -0.167. The van der Waals surface area contributed by atoms with Crippen molar-refractivity contribution >= 4 is 17.9 Å². The van der Waals surface area contributed by atoms with E-state index in [1.807, 2.05) is 0 Å². The number of rotatable bonds is 59. The summed E-state index contributed by atoms with van der Waals surface area (Å²) in [6, 6.07) is 0. The molecule has 0 aromatic carbocycles. The molecular formula is C65H122O6. The molecule has 0 fully saturated rings. The van der Waals surface area contributed by atoms with Crippen LogP contribution in [0.15, 0.2) is 24.3 Å². The highest BCUT2D eigenvalue weighted by molar-refractivity contribution is 5.71. The van der Waals surface area contributed by atoms with E-state index in [1.165, 1.54) is 238 Å². The van der Waals surface area contributed by atoms with E-state index in [1.54, 1.807) is 0 Å². The predicted octanol–water partition coefficient (Wildman–Crippen LogP) is 21.4. The lowest BCUT2D eigenvalue weighted by atomic mass is 10.0. The summed E-state index contributed by atoms with van der Waals surface area (Å²) in [5.74, 6) is -0.867. The first-order valence-corrected chi connectivity index (χ1v) is 31.8. The van der Waals surface area contributed by atoms with E-state index in [-0.39, 0.29) is 31.1 Å². The highest BCUT2D eigenvalue weighted by atomic mass is 16.6. The van der Waals surface area contributed by atoms with Crippen LogP contribution in [0.4, 0.5) is 0 Å². The van der Waals surface area contributed by atoms with Gasteiger partial charge in [0.15, 0.2) is 6.10 Å². The van der Waals surface area contributed by atoms with Crippen molar-refractivity contribution < 1.29 is 28.6 Å². The first-order chi connectivity index (χ1) is 35.0. The molecule has 0 saturated carbocycles. The van der Waals surface area contributed by atoms with Crippen LogP contribution in [0, 0.1) is 0 Å². The number of ether oxygens (including phenoxy) is 3. The fourth-order valence-corrected chi connectivity index (χ4v) is 9.65. The molecule has 0 saturated heterocycles. The maximum atomic E-state index is 12.8. The molecule has 0 amide bonds. The summed E-state index contributed by atoms with van der Waals surface area (Å²) in [6.07, 6.45) is 72.1. The van der Waals surface area contributed by atoms with Gasteiger partial charge in [0.2, 0.25) is 0 Å². The number of unbranched alkanes of at least 4 members (excludes halogenated alkanes) is 44. The van der Waals surface area contributed by atoms with Crippen molar-refractivity contribution in [1.82, 2.24) is 0 Å². The second kappa shape index (κ2) is 60.4. The average Bonchev–Trinajstić information content (AvgIpc) is 3.37. The van der Waals surface area contributed by atoms with Crippen LogP contribution in [-0.4, -0.2) is 37.2 Å². The standard InChI is InChI=1S/C65H122O6/c1-4-7-10-13-16-19-21-23-25-26-27-28-29-30-31-32-33-34-35-36-37-38-40-41-43-46-49-52-55-58-64(67)70-61-62(60-69-63(66)57-54-51-48-45-18-15-12-9-6-3)71-65(68)59-56-53-50-47-44-42-39-24-22-20-17-14-11-8-5-2/h17,20,24,39,62H,4-16,18-19,21-23,25-38,40-61H2,1-3H3/b20-17-,39-24-. The molecule has 1 atom stereocenters. The number of carbonyl (C=O) groups is 3. The van der Waals surface area contributed by atoms with Gasteiger partial charge in [0.25, 0.3) is 0 Å². The van der Waals surface area contributed by atoms with Crippen molar-refractivity contribution in [1.29, 1.82) is 0 Å². The molecule has 0 aliphatic heterocycles. The summed E-state index contributed by atoms with van der Waals surface area (Å²) in [5.41, 5.74) is 0. The normalized spacial score (nSPS) is 12.1. The third-order valence-corrected chi connectivity index (χ3v) is 14.5. The zero-order valence-corrected chi connectivity index (χ0v) is 48.0. The van der Waals surface area contributed by atoms with Crippen LogP contribution in [0.1, 0.15) is 355 Å². The van der Waals surface area contributed by atoms with E-state index in [2.05, 4.69) is 45.1 Å². The second-order valence-corrected chi connectivity index (χ2v) is 21.7. The number of hydrogen-bond donors (Lipinski definition) is 0.